The molecule has 1 rings (SSSR count). The van der Waals surface area contributed by atoms with Crippen LogP contribution in [-0.2, 0) is 4.74 Å². The normalized spacial score (nSPS) is 12.8. The average Bonchev–Trinajstić information content (AvgIpc) is 2.32. The van der Waals surface area contributed by atoms with Crippen molar-refractivity contribution in [3.05, 3.63) is 29.1 Å². The second-order valence-corrected chi connectivity index (χ2v) is 5.25. The Labute approximate surface area is 114 Å². The van der Waals surface area contributed by atoms with Gasteiger partial charge in [-0.15, -0.1) is 0 Å². The molecule has 2 N–H and O–H groups in total. The van der Waals surface area contributed by atoms with Gasteiger partial charge >= 0.3 is 0 Å². The van der Waals surface area contributed by atoms with Gasteiger partial charge in [0.2, 0.25) is 0 Å². The molecule has 19 heavy (non-hydrogen) atoms. The Hall–Kier alpha value is -1.13. The molecule has 0 saturated carbocycles. The van der Waals surface area contributed by atoms with Crippen LogP contribution >= 0.6 is 0 Å². The van der Waals surface area contributed by atoms with E-state index in [0.717, 1.165) is 0 Å². The van der Waals surface area contributed by atoms with Crippen molar-refractivity contribution in [1.29, 1.82) is 0 Å². The lowest BCUT2D eigenvalue weighted by molar-refractivity contribution is 0.0815. The molecule has 0 aromatic heterocycles. The summed E-state index contributed by atoms with van der Waals surface area (Å²) >= 11 is 0. The van der Waals surface area contributed by atoms with Crippen molar-refractivity contribution in [3.63, 3.8) is 0 Å². The SMILES string of the molecule is Cc1cc(OCCOCC(C)C)c(C(C)N)cc1F. The van der Waals surface area contributed by atoms with Crippen molar-refractivity contribution in [2.45, 2.75) is 33.7 Å². The zero-order chi connectivity index (χ0) is 14.4. The number of halogens is 1. The van der Waals surface area contributed by atoms with Crippen molar-refractivity contribution >= 4 is 0 Å². The Bertz CT molecular complexity index is 405. The monoisotopic (exact) mass is 269 g/mol. The van der Waals surface area contributed by atoms with Gasteiger partial charge in [-0.05, 0) is 37.5 Å². The third-order valence-corrected chi connectivity index (χ3v) is 2.72. The van der Waals surface area contributed by atoms with Crippen LogP contribution in [-0.4, -0.2) is 19.8 Å². The fourth-order valence-corrected chi connectivity index (χ4v) is 1.68. The van der Waals surface area contributed by atoms with Gasteiger partial charge in [0.15, 0.2) is 0 Å². The van der Waals surface area contributed by atoms with Gasteiger partial charge in [-0.25, -0.2) is 4.39 Å². The van der Waals surface area contributed by atoms with Crippen LogP contribution in [0.5, 0.6) is 5.75 Å². The van der Waals surface area contributed by atoms with E-state index < -0.39 is 0 Å². The summed E-state index contributed by atoms with van der Waals surface area (Å²) in [7, 11) is 0. The topological polar surface area (TPSA) is 44.5 Å². The molecular formula is C15H24FNO2. The summed E-state index contributed by atoms with van der Waals surface area (Å²) in [5.74, 6) is 0.894. The summed E-state index contributed by atoms with van der Waals surface area (Å²) in [6.45, 7) is 9.39. The Balaban J connectivity index is 2.59. The van der Waals surface area contributed by atoms with E-state index in [1.165, 1.54) is 6.07 Å². The zero-order valence-corrected chi connectivity index (χ0v) is 12.2. The molecular weight excluding hydrogens is 245 g/mol. The molecule has 0 radical (unpaired) electrons. The first kappa shape index (κ1) is 15.9. The number of hydrogen-bond donors (Lipinski definition) is 1. The minimum atomic E-state index is -0.262. The van der Waals surface area contributed by atoms with Gasteiger partial charge < -0.3 is 15.2 Å². The predicted molar refractivity (Wildman–Crippen MR) is 74.9 cm³/mol. The Morgan fingerprint density at radius 3 is 2.47 bits per heavy atom. The second-order valence-electron chi connectivity index (χ2n) is 5.25. The highest BCUT2D eigenvalue weighted by molar-refractivity contribution is 5.39. The summed E-state index contributed by atoms with van der Waals surface area (Å²) in [5, 5.41) is 0. The van der Waals surface area contributed by atoms with E-state index >= 15 is 0 Å². The standard InChI is InChI=1S/C15H24FNO2/c1-10(2)9-18-5-6-19-15-7-11(3)14(16)8-13(15)12(4)17/h7-8,10,12H,5-6,9,17H2,1-4H3. The van der Waals surface area contributed by atoms with Crippen LogP contribution in [0.1, 0.15) is 37.9 Å². The molecule has 1 aromatic carbocycles. The van der Waals surface area contributed by atoms with Crippen molar-refractivity contribution < 1.29 is 13.9 Å². The molecule has 3 nitrogen and oxygen atoms in total. The van der Waals surface area contributed by atoms with Crippen molar-refractivity contribution in [2.24, 2.45) is 11.7 Å². The highest BCUT2D eigenvalue weighted by Gasteiger charge is 2.12. The lowest BCUT2D eigenvalue weighted by Gasteiger charge is -2.15. The van der Waals surface area contributed by atoms with Gasteiger partial charge in [0.1, 0.15) is 18.2 Å². The fraction of sp³-hybridized carbons (Fsp3) is 0.600. The molecule has 1 atom stereocenters. The van der Waals surface area contributed by atoms with Crippen LogP contribution in [0.15, 0.2) is 12.1 Å². The summed E-state index contributed by atoms with van der Waals surface area (Å²) in [4.78, 5) is 0. The smallest absolute Gasteiger partial charge is 0.126 e. The number of hydrogen-bond acceptors (Lipinski definition) is 3. The van der Waals surface area contributed by atoms with Gasteiger partial charge in [-0.2, -0.15) is 0 Å². The number of aryl methyl sites for hydroxylation is 1. The third-order valence-electron chi connectivity index (χ3n) is 2.72. The molecule has 1 aromatic rings. The number of benzene rings is 1. The predicted octanol–water partition coefficient (Wildman–Crippen LogP) is 3.21. The van der Waals surface area contributed by atoms with E-state index in [1.54, 1.807) is 13.0 Å². The minimum Gasteiger partial charge on any atom is -0.491 e. The molecule has 0 aliphatic heterocycles. The van der Waals surface area contributed by atoms with Crippen molar-refractivity contribution in [3.8, 4) is 5.75 Å². The van der Waals surface area contributed by atoms with E-state index in [9.17, 15) is 4.39 Å². The highest BCUT2D eigenvalue weighted by Crippen LogP contribution is 2.27. The summed E-state index contributed by atoms with van der Waals surface area (Å²) in [6, 6.07) is 2.88. The lowest BCUT2D eigenvalue weighted by atomic mass is 10.1. The van der Waals surface area contributed by atoms with Crippen LogP contribution in [0, 0.1) is 18.7 Å². The molecule has 0 fully saturated rings. The third kappa shape index (κ3) is 5.17. The first-order valence-corrected chi connectivity index (χ1v) is 6.68. The van der Waals surface area contributed by atoms with E-state index in [0.29, 0.717) is 42.6 Å². The van der Waals surface area contributed by atoms with Crippen LogP contribution in [0.25, 0.3) is 0 Å². The maximum absolute atomic E-state index is 13.5. The van der Waals surface area contributed by atoms with Crippen LogP contribution < -0.4 is 10.5 Å². The summed E-state index contributed by atoms with van der Waals surface area (Å²) < 4.78 is 24.6. The van der Waals surface area contributed by atoms with Crippen LogP contribution in [0.3, 0.4) is 0 Å². The van der Waals surface area contributed by atoms with Crippen molar-refractivity contribution in [1.82, 2.24) is 0 Å². The first-order chi connectivity index (χ1) is 8.91. The molecule has 4 heteroatoms. The molecule has 1 unspecified atom stereocenters. The molecule has 0 aliphatic carbocycles. The van der Waals surface area contributed by atoms with Crippen molar-refractivity contribution in [2.75, 3.05) is 19.8 Å². The summed E-state index contributed by atoms with van der Waals surface area (Å²) in [5.41, 5.74) is 7.07. The Kier molecular flexibility index (Phi) is 6.25. The van der Waals surface area contributed by atoms with E-state index in [2.05, 4.69) is 13.8 Å². The number of ether oxygens (including phenoxy) is 2. The molecule has 0 bridgehead atoms. The zero-order valence-electron chi connectivity index (χ0n) is 12.2. The maximum Gasteiger partial charge on any atom is 0.126 e. The summed E-state index contributed by atoms with van der Waals surface area (Å²) in [6.07, 6.45) is 0. The highest BCUT2D eigenvalue weighted by atomic mass is 19.1. The van der Waals surface area contributed by atoms with Crippen LogP contribution in [0.2, 0.25) is 0 Å². The molecule has 0 spiro atoms. The van der Waals surface area contributed by atoms with Gasteiger partial charge in [0.05, 0.1) is 6.61 Å². The van der Waals surface area contributed by atoms with Gasteiger partial charge in [0.25, 0.3) is 0 Å². The van der Waals surface area contributed by atoms with E-state index in [1.807, 2.05) is 6.92 Å². The molecule has 0 amide bonds. The van der Waals surface area contributed by atoms with Gasteiger partial charge in [0, 0.05) is 18.2 Å². The average molecular weight is 269 g/mol. The second kappa shape index (κ2) is 7.46. The fourth-order valence-electron chi connectivity index (χ4n) is 1.68. The van der Waals surface area contributed by atoms with Gasteiger partial charge in [-0.1, -0.05) is 13.8 Å². The largest absolute Gasteiger partial charge is 0.491 e. The Morgan fingerprint density at radius 2 is 1.89 bits per heavy atom. The number of rotatable bonds is 7. The molecule has 0 heterocycles. The van der Waals surface area contributed by atoms with E-state index in [-0.39, 0.29) is 11.9 Å². The lowest BCUT2D eigenvalue weighted by Crippen LogP contribution is -2.13. The Morgan fingerprint density at radius 1 is 1.21 bits per heavy atom. The molecule has 0 aliphatic rings. The van der Waals surface area contributed by atoms with E-state index in [4.69, 9.17) is 15.2 Å². The first-order valence-electron chi connectivity index (χ1n) is 6.68. The quantitative estimate of drug-likeness (QED) is 0.773. The molecule has 108 valence electrons. The van der Waals surface area contributed by atoms with Gasteiger partial charge in [-0.3, -0.25) is 0 Å². The number of nitrogens with two attached hydrogens (primary N) is 1. The maximum atomic E-state index is 13.5. The van der Waals surface area contributed by atoms with Crippen LogP contribution in [0.4, 0.5) is 4.39 Å². The minimum absolute atomic E-state index is 0.254. The molecule has 0 saturated heterocycles.